The van der Waals surface area contributed by atoms with Crippen molar-refractivity contribution in [1.29, 1.82) is 0 Å². The molecular formula is C6H5NO3. The number of carboxylic acid groups (broad SMARTS) is 1. The molecule has 0 fully saturated rings. The summed E-state index contributed by atoms with van der Waals surface area (Å²) in [5.74, 6) is -1.10. The van der Waals surface area contributed by atoms with Gasteiger partial charge in [0, 0.05) is 0 Å². The summed E-state index contributed by atoms with van der Waals surface area (Å²) in [4.78, 5) is 14.6. The van der Waals surface area contributed by atoms with E-state index in [1.165, 1.54) is 12.3 Å². The van der Waals surface area contributed by atoms with Gasteiger partial charge in [-0.05, 0) is 12.2 Å². The van der Waals surface area contributed by atoms with Crippen LogP contribution in [0, 0.1) is 0 Å². The zero-order chi connectivity index (χ0) is 7.40. The number of oxime groups is 1. The van der Waals surface area contributed by atoms with Gasteiger partial charge >= 0.3 is 5.97 Å². The summed E-state index contributed by atoms with van der Waals surface area (Å²) in [5, 5.41) is 11.6. The molecule has 0 aliphatic carbocycles. The summed E-state index contributed by atoms with van der Waals surface area (Å²) in [6, 6.07) is 0. The lowest BCUT2D eigenvalue weighted by molar-refractivity contribution is -0.129. The van der Waals surface area contributed by atoms with Crippen LogP contribution in [0.2, 0.25) is 0 Å². The van der Waals surface area contributed by atoms with Gasteiger partial charge in [0.25, 0.3) is 0 Å². The van der Waals surface area contributed by atoms with Crippen LogP contribution >= 0.6 is 0 Å². The third-order valence-electron chi connectivity index (χ3n) is 0.875. The number of hydrogen-bond donors (Lipinski definition) is 1. The van der Waals surface area contributed by atoms with Gasteiger partial charge in [-0.25, -0.2) is 4.79 Å². The molecule has 1 heterocycles. The van der Waals surface area contributed by atoms with Crippen LogP contribution in [0.25, 0.3) is 0 Å². The first-order valence-corrected chi connectivity index (χ1v) is 2.61. The minimum absolute atomic E-state index is 0.106. The number of carbonyl (C=O) groups is 1. The van der Waals surface area contributed by atoms with Gasteiger partial charge in [0.1, 0.15) is 6.26 Å². The van der Waals surface area contributed by atoms with Crippen molar-refractivity contribution in [2.45, 2.75) is 0 Å². The first kappa shape index (κ1) is 6.54. The highest BCUT2D eigenvalue weighted by Crippen LogP contribution is 1.92. The molecule has 0 aromatic heterocycles. The average Bonchev–Trinajstić information content (AvgIpc) is 2.12. The fourth-order valence-electron chi connectivity index (χ4n) is 0.455. The summed E-state index contributed by atoms with van der Waals surface area (Å²) >= 11 is 0. The topological polar surface area (TPSA) is 58.9 Å². The summed E-state index contributed by atoms with van der Waals surface area (Å²) in [6.07, 6.45) is 5.75. The highest BCUT2D eigenvalue weighted by Gasteiger charge is 2.05. The van der Waals surface area contributed by atoms with E-state index >= 15 is 0 Å². The van der Waals surface area contributed by atoms with E-state index in [0.717, 1.165) is 0 Å². The minimum atomic E-state index is -1.10. The average molecular weight is 139 g/mol. The van der Waals surface area contributed by atoms with Gasteiger partial charge in [-0.15, -0.1) is 0 Å². The largest absolute Gasteiger partial charge is 0.476 e. The molecule has 52 valence electrons. The van der Waals surface area contributed by atoms with Gasteiger partial charge < -0.3 is 9.94 Å². The molecule has 0 saturated heterocycles. The zero-order valence-corrected chi connectivity index (χ0v) is 5.02. The van der Waals surface area contributed by atoms with Gasteiger partial charge in [0.05, 0.1) is 0 Å². The molecule has 1 N–H and O–H groups in total. The van der Waals surface area contributed by atoms with Crippen LogP contribution in [0.4, 0.5) is 0 Å². The van der Waals surface area contributed by atoms with Crippen LogP contribution in [-0.2, 0) is 9.63 Å². The predicted molar refractivity (Wildman–Crippen MR) is 34.4 cm³/mol. The van der Waals surface area contributed by atoms with Gasteiger partial charge in [-0.1, -0.05) is 11.2 Å². The van der Waals surface area contributed by atoms with Crippen LogP contribution in [0.15, 0.2) is 29.6 Å². The number of hydrogen-bond acceptors (Lipinski definition) is 3. The second-order valence-corrected chi connectivity index (χ2v) is 1.57. The number of aliphatic carboxylic acids is 1. The number of rotatable bonds is 1. The van der Waals surface area contributed by atoms with E-state index in [9.17, 15) is 4.79 Å². The van der Waals surface area contributed by atoms with Crippen LogP contribution in [0.5, 0.6) is 0 Å². The monoisotopic (exact) mass is 139 g/mol. The Morgan fingerprint density at radius 1 is 1.60 bits per heavy atom. The molecule has 1 rings (SSSR count). The van der Waals surface area contributed by atoms with E-state index in [2.05, 4.69) is 9.99 Å². The van der Waals surface area contributed by atoms with Crippen molar-refractivity contribution in [3.8, 4) is 0 Å². The van der Waals surface area contributed by atoms with Crippen LogP contribution in [0.3, 0.4) is 0 Å². The quantitative estimate of drug-likeness (QED) is 0.576. The lowest BCUT2D eigenvalue weighted by Crippen LogP contribution is -2.09. The Morgan fingerprint density at radius 3 is 3.10 bits per heavy atom. The number of carboxylic acids is 1. The second kappa shape index (κ2) is 2.82. The molecule has 0 spiro atoms. The van der Waals surface area contributed by atoms with Crippen molar-refractivity contribution in [3.05, 3.63) is 24.5 Å². The minimum Gasteiger partial charge on any atom is -0.476 e. The van der Waals surface area contributed by atoms with Crippen molar-refractivity contribution >= 4 is 11.7 Å². The molecule has 0 radical (unpaired) electrons. The highest BCUT2D eigenvalue weighted by atomic mass is 16.6. The Balaban J connectivity index is 2.78. The lowest BCUT2D eigenvalue weighted by Gasteiger charge is -1.88. The third-order valence-corrected chi connectivity index (χ3v) is 0.875. The van der Waals surface area contributed by atoms with E-state index < -0.39 is 5.97 Å². The summed E-state index contributed by atoms with van der Waals surface area (Å²) in [7, 11) is 0. The predicted octanol–water partition coefficient (Wildman–Crippen LogP) is 0.527. The van der Waals surface area contributed by atoms with Gasteiger partial charge in [0.15, 0.2) is 5.71 Å². The number of allylic oxidation sites excluding steroid dienone is 2. The van der Waals surface area contributed by atoms with E-state index in [1.807, 2.05) is 0 Å². The maximum Gasteiger partial charge on any atom is 0.357 e. The molecule has 1 aliphatic heterocycles. The van der Waals surface area contributed by atoms with Crippen molar-refractivity contribution in [1.82, 2.24) is 0 Å². The van der Waals surface area contributed by atoms with Gasteiger partial charge in [-0.3, -0.25) is 0 Å². The fraction of sp³-hybridized carbons (Fsp3) is 0. The smallest absolute Gasteiger partial charge is 0.357 e. The molecule has 0 bridgehead atoms. The number of nitrogens with zero attached hydrogens (tertiary/aromatic N) is 1. The molecule has 4 nitrogen and oxygen atoms in total. The molecule has 0 unspecified atom stereocenters. The Bertz CT molecular complexity index is 227. The Labute approximate surface area is 57.1 Å². The first-order chi connectivity index (χ1) is 4.80. The molecule has 1 aliphatic rings. The molecule has 0 aromatic rings. The standard InChI is InChI=1S/C6H5NO3/c8-6(9)5-3-1-2-4-10-7-5/h1-4H,(H,8,9). The summed E-state index contributed by atoms with van der Waals surface area (Å²) in [5.41, 5.74) is -0.106. The van der Waals surface area contributed by atoms with Crippen LogP contribution in [-0.4, -0.2) is 16.8 Å². The highest BCUT2D eigenvalue weighted by molar-refractivity contribution is 6.40. The fourth-order valence-corrected chi connectivity index (χ4v) is 0.455. The Hall–Kier alpha value is -1.58. The Morgan fingerprint density at radius 2 is 2.40 bits per heavy atom. The third kappa shape index (κ3) is 1.45. The molecule has 0 aromatic carbocycles. The van der Waals surface area contributed by atoms with E-state index in [1.54, 1.807) is 12.2 Å². The van der Waals surface area contributed by atoms with Crippen molar-refractivity contribution < 1.29 is 14.7 Å². The van der Waals surface area contributed by atoms with Crippen LogP contribution < -0.4 is 0 Å². The van der Waals surface area contributed by atoms with Gasteiger partial charge in [0.2, 0.25) is 0 Å². The summed E-state index contributed by atoms with van der Waals surface area (Å²) in [6.45, 7) is 0. The maximum atomic E-state index is 10.2. The van der Waals surface area contributed by atoms with Crippen LogP contribution in [0.1, 0.15) is 0 Å². The van der Waals surface area contributed by atoms with Gasteiger partial charge in [-0.2, -0.15) is 0 Å². The molecular weight excluding hydrogens is 134 g/mol. The van der Waals surface area contributed by atoms with Crippen molar-refractivity contribution in [3.63, 3.8) is 0 Å². The first-order valence-electron chi connectivity index (χ1n) is 2.61. The molecule has 4 heteroatoms. The summed E-state index contributed by atoms with van der Waals surface area (Å²) < 4.78 is 0. The molecule has 0 saturated carbocycles. The molecule has 0 atom stereocenters. The van der Waals surface area contributed by atoms with E-state index in [4.69, 9.17) is 5.11 Å². The van der Waals surface area contributed by atoms with Crippen molar-refractivity contribution in [2.24, 2.45) is 5.16 Å². The zero-order valence-electron chi connectivity index (χ0n) is 5.02. The molecule has 10 heavy (non-hydrogen) atoms. The molecule has 0 amide bonds. The SMILES string of the molecule is O=C(O)C1=NOC=CC=C1. The second-order valence-electron chi connectivity index (χ2n) is 1.57. The normalized spacial score (nSPS) is 15.4. The van der Waals surface area contributed by atoms with E-state index in [-0.39, 0.29) is 5.71 Å². The Kier molecular flexibility index (Phi) is 1.84. The van der Waals surface area contributed by atoms with E-state index in [0.29, 0.717) is 0 Å². The van der Waals surface area contributed by atoms with Crippen molar-refractivity contribution in [2.75, 3.05) is 0 Å². The maximum absolute atomic E-state index is 10.2. The lowest BCUT2D eigenvalue weighted by atomic mass is 10.3.